The van der Waals surface area contributed by atoms with Gasteiger partial charge in [-0.05, 0) is 25.2 Å². The molecular formula is C10H21NO2. The second kappa shape index (κ2) is 5.58. The van der Waals surface area contributed by atoms with Crippen LogP contribution in [0.25, 0.3) is 0 Å². The molecule has 1 unspecified atom stereocenters. The monoisotopic (exact) mass is 187 g/mol. The normalized spacial score (nSPS) is 30.7. The molecule has 0 aromatic rings. The molecule has 2 N–H and O–H groups in total. The van der Waals surface area contributed by atoms with Gasteiger partial charge in [0.05, 0.1) is 6.10 Å². The van der Waals surface area contributed by atoms with E-state index in [0.717, 1.165) is 32.4 Å². The van der Waals surface area contributed by atoms with E-state index in [-0.39, 0.29) is 6.10 Å². The average molecular weight is 187 g/mol. The zero-order valence-electron chi connectivity index (χ0n) is 8.62. The topological polar surface area (TPSA) is 41.5 Å². The Labute approximate surface area is 80.5 Å². The molecule has 78 valence electrons. The average Bonchev–Trinajstić information content (AvgIpc) is 2.48. The highest BCUT2D eigenvalue weighted by Gasteiger charge is 2.24. The van der Waals surface area contributed by atoms with Crippen LogP contribution in [0.4, 0.5) is 0 Å². The van der Waals surface area contributed by atoms with Crippen molar-refractivity contribution in [3.05, 3.63) is 0 Å². The van der Waals surface area contributed by atoms with E-state index >= 15 is 0 Å². The summed E-state index contributed by atoms with van der Waals surface area (Å²) >= 11 is 0. The molecule has 0 bridgehead atoms. The van der Waals surface area contributed by atoms with Crippen LogP contribution in [0.3, 0.4) is 0 Å². The predicted molar refractivity (Wildman–Crippen MR) is 52.7 cm³/mol. The van der Waals surface area contributed by atoms with Gasteiger partial charge in [0.2, 0.25) is 0 Å². The van der Waals surface area contributed by atoms with Crippen molar-refractivity contribution in [3.63, 3.8) is 0 Å². The molecule has 0 saturated heterocycles. The zero-order valence-corrected chi connectivity index (χ0v) is 8.62. The van der Waals surface area contributed by atoms with Gasteiger partial charge in [0, 0.05) is 26.3 Å². The van der Waals surface area contributed by atoms with Gasteiger partial charge in [0.1, 0.15) is 0 Å². The molecule has 1 aliphatic carbocycles. The summed E-state index contributed by atoms with van der Waals surface area (Å²) in [6, 6.07) is 0.319. The Kier molecular flexibility index (Phi) is 4.70. The summed E-state index contributed by atoms with van der Waals surface area (Å²) in [4.78, 5) is 0. The molecule has 0 aliphatic heterocycles. The third-order valence-corrected chi connectivity index (χ3v) is 2.66. The van der Waals surface area contributed by atoms with Crippen molar-refractivity contribution < 1.29 is 9.84 Å². The summed E-state index contributed by atoms with van der Waals surface area (Å²) in [7, 11) is 1.72. The minimum atomic E-state index is -0.130. The fraction of sp³-hybridized carbons (Fsp3) is 1.00. The number of rotatable bonds is 5. The largest absolute Gasteiger partial charge is 0.392 e. The third-order valence-electron chi connectivity index (χ3n) is 2.66. The first kappa shape index (κ1) is 11.0. The third kappa shape index (κ3) is 3.63. The van der Waals surface area contributed by atoms with Gasteiger partial charge < -0.3 is 15.2 Å². The number of nitrogens with one attached hydrogen (secondary N) is 1. The van der Waals surface area contributed by atoms with Crippen LogP contribution in [0.2, 0.25) is 0 Å². The highest BCUT2D eigenvalue weighted by atomic mass is 16.5. The molecule has 1 saturated carbocycles. The first-order chi connectivity index (χ1) is 6.24. The Morgan fingerprint density at radius 2 is 2.31 bits per heavy atom. The Bertz CT molecular complexity index is 141. The Morgan fingerprint density at radius 3 is 2.85 bits per heavy atom. The SMILES string of the molecule is COCC(C)CN[C@@H]1CCC[C@H]1O. The molecule has 0 aromatic heterocycles. The summed E-state index contributed by atoms with van der Waals surface area (Å²) in [5.74, 6) is 0.526. The number of methoxy groups -OCH3 is 1. The molecule has 13 heavy (non-hydrogen) atoms. The molecule has 0 radical (unpaired) electrons. The molecule has 3 heteroatoms. The number of hydrogen-bond donors (Lipinski definition) is 2. The maximum Gasteiger partial charge on any atom is 0.0693 e. The van der Waals surface area contributed by atoms with Crippen molar-refractivity contribution >= 4 is 0 Å². The van der Waals surface area contributed by atoms with Crippen molar-refractivity contribution in [2.75, 3.05) is 20.3 Å². The second-order valence-electron chi connectivity index (χ2n) is 4.07. The van der Waals surface area contributed by atoms with E-state index in [4.69, 9.17) is 4.74 Å². The van der Waals surface area contributed by atoms with E-state index < -0.39 is 0 Å². The van der Waals surface area contributed by atoms with Gasteiger partial charge in [0.15, 0.2) is 0 Å². The summed E-state index contributed by atoms with van der Waals surface area (Å²) in [5.41, 5.74) is 0. The van der Waals surface area contributed by atoms with Gasteiger partial charge in [-0.15, -0.1) is 0 Å². The van der Waals surface area contributed by atoms with Gasteiger partial charge in [-0.25, -0.2) is 0 Å². The predicted octanol–water partition coefficient (Wildman–Crippen LogP) is 0.772. The Morgan fingerprint density at radius 1 is 1.54 bits per heavy atom. The van der Waals surface area contributed by atoms with Crippen LogP contribution in [0.1, 0.15) is 26.2 Å². The van der Waals surface area contributed by atoms with Gasteiger partial charge in [0.25, 0.3) is 0 Å². The Balaban J connectivity index is 2.10. The Hall–Kier alpha value is -0.120. The van der Waals surface area contributed by atoms with Gasteiger partial charge >= 0.3 is 0 Å². The first-order valence-electron chi connectivity index (χ1n) is 5.14. The maximum atomic E-state index is 9.54. The van der Waals surface area contributed by atoms with Gasteiger partial charge in [-0.1, -0.05) is 6.92 Å². The first-order valence-corrected chi connectivity index (χ1v) is 5.14. The van der Waals surface area contributed by atoms with Crippen LogP contribution in [0.5, 0.6) is 0 Å². The van der Waals surface area contributed by atoms with E-state index in [2.05, 4.69) is 12.2 Å². The molecule has 0 spiro atoms. The fourth-order valence-electron chi connectivity index (χ4n) is 1.87. The number of hydrogen-bond acceptors (Lipinski definition) is 3. The summed E-state index contributed by atoms with van der Waals surface area (Å²) in [6.07, 6.45) is 3.09. The smallest absolute Gasteiger partial charge is 0.0693 e. The van der Waals surface area contributed by atoms with Crippen molar-refractivity contribution in [2.24, 2.45) is 5.92 Å². The molecule has 0 heterocycles. The number of aliphatic hydroxyl groups excluding tert-OH is 1. The lowest BCUT2D eigenvalue weighted by Crippen LogP contribution is -2.38. The molecule has 0 aromatic carbocycles. The molecule has 1 fully saturated rings. The van der Waals surface area contributed by atoms with Crippen LogP contribution in [-0.2, 0) is 4.74 Å². The zero-order chi connectivity index (χ0) is 9.68. The number of aliphatic hydroxyl groups is 1. The van der Waals surface area contributed by atoms with E-state index in [1.807, 2.05) is 0 Å². The van der Waals surface area contributed by atoms with E-state index in [1.165, 1.54) is 0 Å². The maximum absolute atomic E-state index is 9.54. The van der Waals surface area contributed by atoms with Crippen molar-refractivity contribution in [3.8, 4) is 0 Å². The molecule has 0 amide bonds. The summed E-state index contributed by atoms with van der Waals surface area (Å²) < 4.78 is 5.04. The second-order valence-corrected chi connectivity index (χ2v) is 4.07. The minimum Gasteiger partial charge on any atom is -0.392 e. The van der Waals surface area contributed by atoms with Gasteiger partial charge in [-0.3, -0.25) is 0 Å². The van der Waals surface area contributed by atoms with Crippen molar-refractivity contribution in [1.29, 1.82) is 0 Å². The van der Waals surface area contributed by atoms with E-state index in [0.29, 0.717) is 12.0 Å². The standard InChI is InChI=1S/C10H21NO2/c1-8(7-13-2)6-11-9-4-3-5-10(9)12/h8-12H,3-7H2,1-2H3/t8?,9-,10-/m1/s1. The lowest BCUT2D eigenvalue weighted by molar-refractivity contribution is 0.132. The lowest BCUT2D eigenvalue weighted by Gasteiger charge is -2.19. The molecule has 1 rings (SSSR count). The lowest BCUT2D eigenvalue weighted by atomic mass is 10.1. The molecule has 3 nitrogen and oxygen atoms in total. The van der Waals surface area contributed by atoms with E-state index in [9.17, 15) is 5.11 Å². The van der Waals surface area contributed by atoms with E-state index in [1.54, 1.807) is 7.11 Å². The molecule has 1 aliphatic rings. The highest BCUT2D eigenvalue weighted by Crippen LogP contribution is 2.18. The van der Waals surface area contributed by atoms with Crippen LogP contribution in [0.15, 0.2) is 0 Å². The quantitative estimate of drug-likeness (QED) is 0.668. The minimum absolute atomic E-state index is 0.130. The van der Waals surface area contributed by atoms with Crippen LogP contribution < -0.4 is 5.32 Å². The van der Waals surface area contributed by atoms with Crippen LogP contribution in [-0.4, -0.2) is 37.5 Å². The number of ether oxygens (including phenoxy) is 1. The summed E-state index contributed by atoms with van der Waals surface area (Å²) in [6.45, 7) is 3.88. The van der Waals surface area contributed by atoms with Crippen molar-refractivity contribution in [1.82, 2.24) is 5.32 Å². The van der Waals surface area contributed by atoms with Crippen LogP contribution >= 0.6 is 0 Å². The van der Waals surface area contributed by atoms with Gasteiger partial charge in [-0.2, -0.15) is 0 Å². The highest BCUT2D eigenvalue weighted by molar-refractivity contribution is 4.82. The van der Waals surface area contributed by atoms with Crippen molar-refractivity contribution in [2.45, 2.75) is 38.3 Å². The molecular weight excluding hydrogens is 166 g/mol. The summed E-state index contributed by atoms with van der Waals surface area (Å²) in [5, 5.41) is 12.9. The fourth-order valence-corrected chi connectivity index (χ4v) is 1.87. The van der Waals surface area contributed by atoms with Crippen LogP contribution in [0, 0.1) is 5.92 Å². The molecule has 3 atom stereocenters.